The zero-order chi connectivity index (χ0) is 17.6. The summed E-state index contributed by atoms with van der Waals surface area (Å²) in [5.41, 5.74) is 1.07. The summed E-state index contributed by atoms with van der Waals surface area (Å²) in [6.07, 6.45) is 1.71. The summed E-state index contributed by atoms with van der Waals surface area (Å²) in [4.78, 5) is 19.4. The van der Waals surface area contributed by atoms with Crippen molar-refractivity contribution in [3.05, 3.63) is 62.8 Å². The van der Waals surface area contributed by atoms with Crippen LogP contribution >= 0.6 is 22.9 Å². The number of nitrogens with one attached hydrogen (secondary N) is 2. The van der Waals surface area contributed by atoms with Crippen LogP contribution in [0.5, 0.6) is 0 Å². The van der Waals surface area contributed by atoms with Crippen molar-refractivity contribution in [2.75, 3.05) is 13.1 Å². The van der Waals surface area contributed by atoms with Gasteiger partial charge in [0.05, 0.1) is 6.54 Å². The van der Waals surface area contributed by atoms with E-state index in [1.165, 1.54) is 11.3 Å². The van der Waals surface area contributed by atoms with Crippen molar-refractivity contribution < 1.29 is 4.79 Å². The topological polar surface area (TPSA) is 81.0 Å². The summed E-state index contributed by atoms with van der Waals surface area (Å²) in [5.74, 6) is 0.167. The van der Waals surface area contributed by atoms with Crippen molar-refractivity contribution in [1.29, 1.82) is 5.26 Å². The highest BCUT2D eigenvalue weighted by Crippen LogP contribution is 2.22. The molecule has 0 bridgehead atoms. The summed E-state index contributed by atoms with van der Waals surface area (Å²) in [7, 11) is 0. The molecular formula is C17H16ClN5OS. The van der Waals surface area contributed by atoms with Gasteiger partial charge in [0.1, 0.15) is 11.9 Å². The predicted octanol–water partition coefficient (Wildman–Crippen LogP) is 2.25. The Hall–Kier alpha value is -2.56. The van der Waals surface area contributed by atoms with Gasteiger partial charge in [0.15, 0.2) is 10.0 Å². The SMILES string of the molecule is N#C/C(C(=O)NCc1ccccc1)=C1/NCCN1Cc1cnc(Cl)s1. The maximum atomic E-state index is 12.4. The lowest BCUT2D eigenvalue weighted by molar-refractivity contribution is -0.117. The van der Waals surface area contributed by atoms with Gasteiger partial charge in [-0.15, -0.1) is 11.3 Å². The molecule has 1 aromatic heterocycles. The number of carbonyl (C=O) groups is 1. The molecule has 6 nitrogen and oxygen atoms in total. The molecule has 0 radical (unpaired) electrons. The van der Waals surface area contributed by atoms with E-state index in [2.05, 4.69) is 15.6 Å². The van der Waals surface area contributed by atoms with Gasteiger partial charge < -0.3 is 15.5 Å². The first-order chi connectivity index (χ1) is 12.2. The van der Waals surface area contributed by atoms with Gasteiger partial charge in [0, 0.05) is 30.7 Å². The van der Waals surface area contributed by atoms with Crippen molar-refractivity contribution in [2.24, 2.45) is 0 Å². The first kappa shape index (κ1) is 17.3. The third kappa shape index (κ3) is 4.29. The number of hydrogen-bond acceptors (Lipinski definition) is 6. The van der Waals surface area contributed by atoms with E-state index in [0.717, 1.165) is 10.4 Å². The van der Waals surface area contributed by atoms with E-state index in [9.17, 15) is 10.1 Å². The van der Waals surface area contributed by atoms with E-state index in [1.54, 1.807) is 6.20 Å². The third-order valence-corrected chi connectivity index (χ3v) is 4.83. The van der Waals surface area contributed by atoms with Crippen molar-refractivity contribution >= 4 is 28.8 Å². The number of amides is 1. The molecule has 3 rings (SSSR count). The van der Waals surface area contributed by atoms with Gasteiger partial charge in [0.25, 0.3) is 5.91 Å². The number of carbonyl (C=O) groups excluding carboxylic acids is 1. The van der Waals surface area contributed by atoms with Crippen LogP contribution in [0.25, 0.3) is 0 Å². The number of rotatable bonds is 5. The van der Waals surface area contributed by atoms with E-state index in [4.69, 9.17) is 11.6 Å². The molecule has 0 spiro atoms. The van der Waals surface area contributed by atoms with Crippen LogP contribution in [0.4, 0.5) is 0 Å². The van der Waals surface area contributed by atoms with E-state index >= 15 is 0 Å². The van der Waals surface area contributed by atoms with Crippen molar-refractivity contribution in [1.82, 2.24) is 20.5 Å². The minimum atomic E-state index is -0.386. The second kappa shape index (κ2) is 8.01. The lowest BCUT2D eigenvalue weighted by Crippen LogP contribution is -2.29. The summed E-state index contributed by atoms with van der Waals surface area (Å²) >= 11 is 7.26. The first-order valence-corrected chi connectivity index (χ1v) is 8.92. The van der Waals surface area contributed by atoms with Crippen LogP contribution in [0.1, 0.15) is 10.4 Å². The fourth-order valence-electron chi connectivity index (χ4n) is 2.56. The summed E-state index contributed by atoms with van der Waals surface area (Å²) in [5, 5.41) is 15.4. The number of halogens is 1. The Labute approximate surface area is 154 Å². The van der Waals surface area contributed by atoms with Crippen LogP contribution in [0, 0.1) is 11.3 Å². The highest BCUT2D eigenvalue weighted by atomic mass is 35.5. The van der Waals surface area contributed by atoms with Crippen LogP contribution in [0.3, 0.4) is 0 Å². The smallest absolute Gasteiger partial charge is 0.265 e. The number of nitriles is 1. The normalized spacial score (nSPS) is 15.4. The summed E-state index contributed by atoms with van der Waals surface area (Å²) in [6, 6.07) is 11.6. The highest BCUT2D eigenvalue weighted by molar-refractivity contribution is 7.15. The summed E-state index contributed by atoms with van der Waals surface area (Å²) < 4.78 is 0.480. The molecule has 0 aliphatic carbocycles. The minimum absolute atomic E-state index is 0.0871. The average Bonchev–Trinajstić information content (AvgIpc) is 3.24. The van der Waals surface area contributed by atoms with Gasteiger partial charge in [-0.3, -0.25) is 4.79 Å². The molecule has 2 N–H and O–H groups in total. The summed E-state index contributed by atoms with van der Waals surface area (Å²) in [6.45, 7) is 2.33. The van der Waals surface area contributed by atoms with Gasteiger partial charge in [-0.2, -0.15) is 5.26 Å². The lowest BCUT2D eigenvalue weighted by Gasteiger charge is -2.19. The molecule has 1 amide bonds. The minimum Gasteiger partial charge on any atom is -0.369 e. The fraction of sp³-hybridized carbons (Fsp3) is 0.235. The maximum Gasteiger partial charge on any atom is 0.265 e. The Bertz CT molecular complexity index is 827. The molecule has 25 heavy (non-hydrogen) atoms. The largest absolute Gasteiger partial charge is 0.369 e. The van der Waals surface area contributed by atoms with Gasteiger partial charge >= 0.3 is 0 Å². The van der Waals surface area contributed by atoms with Crippen molar-refractivity contribution in [2.45, 2.75) is 13.1 Å². The molecule has 1 aromatic carbocycles. The molecule has 0 atom stereocenters. The molecule has 1 saturated heterocycles. The molecule has 128 valence electrons. The second-order valence-electron chi connectivity index (χ2n) is 5.43. The zero-order valence-electron chi connectivity index (χ0n) is 13.3. The van der Waals surface area contributed by atoms with Crippen LogP contribution in [-0.4, -0.2) is 28.9 Å². The van der Waals surface area contributed by atoms with E-state index in [0.29, 0.717) is 36.5 Å². The third-order valence-electron chi connectivity index (χ3n) is 3.73. The van der Waals surface area contributed by atoms with Crippen molar-refractivity contribution in [3.63, 3.8) is 0 Å². The van der Waals surface area contributed by atoms with Crippen LogP contribution in [0.2, 0.25) is 4.47 Å². The van der Waals surface area contributed by atoms with E-state index < -0.39 is 0 Å². The fourth-order valence-corrected chi connectivity index (χ4v) is 3.55. The number of benzene rings is 1. The Kier molecular flexibility index (Phi) is 5.53. The Balaban J connectivity index is 1.72. The van der Waals surface area contributed by atoms with Gasteiger partial charge in [-0.05, 0) is 5.56 Å². The lowest BCUT2D eigenvalue weighted by atomic mass is 10.2. The predicted molar refractivity (Wildman–Crippen MR) is 96.5 cm³/mol. The number of thiazole rings is 1. The molecule has 1 fully saturated rings. The Morgan fingerprint density at radius 2 is 2.24 bits per heavy atom. The van der Waals surface area contributed by atoms with Crippen LogP contribution in [0.15, 0.2) is 47.9 Å². The molecule has 1 aliphatic rings. The van der Waals surface area contributed by atoms with E-state index in [1.807, 2.05) is 41.3 Å². The van der Waals surface area contributed by atoms with Gasteiger partial charge in [-0.25, -0.2) is 4.98 Å². The molecular weight excluding hydrogens is 358 g/mol. The average molecular weight is 374 g/mol. The molecule has 0 unspecified atom stereocenters. The second-order valence-corrected chi connectivity index (χ2v) is 7.13. The van der Waals surface area contributed by atoms with Gasteiger partial charge in [-0.1, -0.05) is 41.9 Å². The Morgan fingerprint density at radius 3 is 2.92 bits per heavy atom. The quantitative estimate of drug-likeness (QED) is 0.620. The van der Waals surface area contributed by atoms with Crippen LogP contribution in [-0.2, 0) is 17.9 Å². The van der Waals surface area contributed by atoms with Crippen LogP contribution < -0.4 is 10.6 Å². The Morgan fingerprint density at radius 1 is 1.44 bits per heavy atom. The monoisotopic (exact) mass is 373 g/mol. The molecule has 1 aliphatic heterocycles. The molecule has 2 heterocycles. The highest BCUT2D eigenvalue weighted by Gasteiger charge is 2.25. The zero-order valence-corrected chi connectivity index (χ0v) is 14.9. The first-order valence-electron chi connectivity index (χ1n) is 7.73. The molecule has 0 saturated carbocycles. The van der Waals surface area contributed by atoms with Gasteiger partial charge in [0.2, 0.25) is 0 Å². The number of nitrogens with zero attached hydrogens (tertiary/aromatic N) is 3. The maximum absolute atomic E-state index is 12.4. The number of hydrogen-bond donors (Lipinski definition) is 2. The molecule has 2 aromatic rings. The van der Waals surface area contributed by atoms with E-state index in [-0.39, 0.29) is 11.5 Å². The van der Waals surface area contributed by atoms with Crippen molar-refractivity contribution in [3.8, 4) is 6.07 Å². The standard InChI is InChI=1S/C17H16ClN5OS/c18-17-22-10-13(25-17)11-23-7-6-20-15(23)14(8-19)16(24)21-9-12-4-2-1-3-5-12/h1-5,10,20H,6-7,9,11H2,(H,21,24)/b15-14+. The molecule has 8 heteroatoms. The number of aromatic nitrogens is 1.